The lowest BCUT2D eigenvalue weighted by molar-refractivity contribution is -0.289. The summed E-state index contributed by atoms with van der Waals surface area (Å²) < 4.78 is 0. The lowest BCUT2D eigenvalue weighted by atomic mass is 9.47. The summed E-state index contributed by atoms with van der Waals surface area (Å²) >= 11 is 0. The van der Waals surface area contributed by atoms with Gasteiger partial charge in [0.1, 0.15) is 11.1 Å². The van der Waals surface area contributed by atoms with E-state index in [-0.39, 0.29) is 6.42 Å². The van der Waals surface area contributed by atoms with Gasteiger partial charge in [-0.15, -0.1) is 0 Å². The largest absolute Gasteiger partial charge is 0.480 e. The Kier molecular flexibility index (Phi) is 13.4. The monoisotopic (exact) mass is 601 g/mol. The Morgan fingerprint density at radius 1 is 0.714 bits per heavy atom. The smallest absolute Gasteiger partial charge is 0.330 e. The second-order valence-electron chi connectivity index (χ2n) is 13.3. The van der Waals surface area contributed by atoms with Gasteiger partial charge in [0, 0.05) is 6.42 Å². The number of carbonyl (C=O) groups excluding carboxylic acids is 4. The number of unbranched alkanes of at least 4 members (excludes halogenated alkanes) is 3. The van der Waals surface area contributed by atoms with Crippen molar-refractivity contribution >= 4 is 29.1 Å². The van der Waals surface area contributed by atoms with Crippen molar-refractivity contribution in [3.8, 4) is 0 Å². The minimum Gasteiger partial charge on any atom is -0.480 e. The molecule has 0 aromatic carbocycles. The maximum absolute atomic E-state index is 14.4. The molecule has 13 heteroatoms. The molecule has 0 aliphatic heterocycles. The number of ketones is 4. The van der Waals surface area contributed by atoms with Crippen LogP contribution in [-0.2, 0) is 24.0 Å². The van der Waals surface area contributed by atoms with Gasteiger partial charge < -0.3 is 44.0 Å². The lowest BCUT2D eigenvalue weighted by Gasteiger charge is -2.59. The van der Waals surface area contributed by atoms with E-state index in [1.54, 1.807) is 27.7 Å². The molecule has 13 nitrogen and oxygen atoms in total. The van der Waals surface area contributed by atoms with Crippen LogP contribution < -0.4 is 28.7 Å². The van der Waals surface area contributed by atoms with E-state index in [4.69, 9.17) is 28.7 Å². The van der Waals surface area contributed by atoms with Crippen molar-refractivity contribution in [1.82, 2.24) is 0 Å². The van der Waals surface area contributed by atoms with Crippen molar-refractivity contribution in [2.45, 2.75) is 124 Å². The molecule has 0 saturated carbocycles. The second-order valence-corrected chi connectivity index (χ2v) is 13.3. The SMILES string of the molecule is CCCCCCC(=O)C(C(=O)O)(C(=O)C(C)N)C(O)(O)C(N)(N)C(C(=O)C(N)C(C)C)(C(=O)C(N)C(C)C)C(C)(C)C. The Morgan fingerprint density at radius 3 is 1.40 bits per heavy atom. The number of carbonyl (C=O) groups is 5. The predicted molar refractivity (Wildman–Crippen MR) is 158 cm³/mol. The summed E-state index contributed by atoms with van der Waals surface area (Å²) in [7, 11) is 0. The van der Waals surface area contributed by atoms with Gasteiger partial charge in [0.2, 0.25) is 11.2 Å². The van der Waals surface area contributed by atoms with Gasteiger partial charge in [0.15, 0.2) is 23.1 Å². The van der Waals surface area contributed by atoms with Crippen LogP contribution >= 0.6 is 0 Å². The highest BCUT2D eigenvalue weighted by Crippen LogP contribution is 2.54. The van der Waals surface area contributed by atoms with Crippen LogP contribution in [0.3, 0.4) is 0 Å². The lowest BCUT2D eigenvalue weighted by Crippen LogP contribution is -2.89. The van der Waals surface area contributed by atoms with Crippen LogP contribution in [0.4, 0.5) is 0 Å². The zero-order chi connectivity index (χ0) is 33.8. The Morgan fingerprint density at radius 2 is 1.12 bits per heavy atom. The van der Waals surface area contributed by atoms with Gasteiger partial charge >= 0.3 is 5.97 Å². The van der Waals surface area contributed by atoms with Gasteiger partial charge in [-0.3, -0.25) is 24.0 Å². The van der Waals surface area contributed by atoms with Gasteiger partial charge in [-0.25, -0.2) is 0 Å². The maximum atomic E-state index is 14.4. The molecule has 4 atom stereocenters. The van der Waals surface area contributed by atoms with Crippen LogP contribution in [0.25, 0.3) is 0 Å². The van der Waals surface area contributed by atoms with Crippen LogP contribution in [0.2, 0.25) is 0 Å². The number of hydrogen-bond donors (Lipinski definition) is 8. The number of Topliss-reactive ketones (excluding diaryl/α,β-unsaturated/α-hetero) is 4. The van der Waals surface area contributed by atoms with Crippen molar-refractivity contribution in [1.29, 1.82) is 0 Å². The Labute approximate surface area is 249 Å². The van der Waals surface area contributed by atoms with Crippen molar-refractivity contribution in [3.63, 3.8) is 0 Å². The van der Waals surface area contributed by atoms with E-state index in [2.05, 4.69) is 0 Å². The van der Waals surface area contributed by atoms with Gasteiger partial charge in [-0.1, -0.05) is 74.7 Å². The van der Waals surface area contributed by atoms with Crippen molar-refractivity contribution < 1.29 is 39.3 Å². The molecule has 4 unspecified atom stereocenters. The highest BCUT2D eigenvalue weighted by molar-refractivity contribution is 6.25. The number of aliphatic carboxylic acids is 1. The molecule has 0 heterocycles. The summed E-state index contributed by atoms with van der Waals surface area (Å²) in [6.07, 6.45) is 1.39. The van der Waals surface area contributed by atoms with Crippen LogP contribution in [0.1, 0.15) is 94.4 Å². The predicted octanol–water partition coefficient (Wildman–Crippen LogP) is -0.0549. The number of aliphatic hydroxyl groups is 2. The summed E-state index contributed by atoms with van der Waals surface area (Å²) in [5.74, 6) is -13.2. The highest BCUT2D eigenvalue weighted by atomic mass is 16.5. The molecule has 0 aliphatic rings. The third-order valence-electron chi connectivity index (χ3n) is 8.41. The first kappa shape index (κ1) is 39.9. The molecule has 0 aromatic rings. The fraction of sp³-hybridized carbons (Fsp3) is 0.828. The van der Waals surface area contributed by atoms with E-state index in [9.17, 15) is 39.3 Å². The van der Waals surface area contributed by atoms with E-state index >= 15 is 0 Å². The average molecular weight is 602 g/mol. The molecule has 0 saturated heterocycles. The molecular formula is C29H55N5O8. The number of carboxylic acid groups (broad SMARTS) is 1. The van der Waals surface area contributed by atoms with Gasteiger partial charge in [0.25, 0.3) is 0 Å². The first-order valence-electron chi connectivity index (χ1n) is 14.5. The standard InChI is InChI=1S/C29H55N5O8/c1-10-11-12-13-14-18(35)26(24(39)40,21(36)17(6)30)29(41,42)28(33,34)27(25(7,8)9,22(37)19(31)15(2)3)23(38)20(32)16(4)5/h15-17,19-20,41-42H,10-14,30-34H2,1-9H3,(H,39,40). The quantitative estimate of drug-likeness (QED) is 0.0581. The Bertz CT molecular complexity index is 990. The minimum atomic E-state index is -4.27. The first-order chi connectivity index (χ1) is 18.8. The van der Waals surface area contributed by atoms with E-state index in [1.165, 1.54) is 20.8 Å². The molecule has 0 rings (SSSR count). The van der Waals surface area contributed by atoms with E-state index in [0.29, 0.717) is 12.8 Å². The van der Waals surface area contributed by atoms with Gasteiger partial charge in [-0.05, 0) is 30.6 Å². The molecule has 42 heavy (non-hydrogen) atoms. The summed E-state index contributed by atoms with van der Waals surface area (Å²) in [6.45, 7) is 13.2. The fourth-order valence-electron chi connectivity index (χ4n) is 5.68. The molecule has 0 amide bonds. The molecule has 0 radical (unpaired) electrons. The molecule has 13 N–H and O–H groups in total. The number of hydrogen-bond acceptors (Lipinski definition) is 12. The normalized spacial score (nSPS) is 18.1. The average Bonchev–Trinajstić information content (AvgIpc) is 2.84. The second kappa shape index (κ2) is 14.1. The van der Waals surface area contributed by atoms with Crippen LogP contribution in [-0.4, -0.2) is 74.0 Å². The molecule has 244 valence electrons. The first-order valence-corrected chi connectivity index (χ1v) is 14.5. The maximum Gasteiger partial charge on any atom is 0.330 e. The van der Waals surface area contributed by atoms with E-state index < -0.39 is 93.2 Å². The van der Waals surface area contributed by atoms with Crippen LogP contribution in [0.5, 0.6) is 0 Å². The third-order valence-corrected chi connectivity index (χ3v) is 8.41. The Balaban J connectivity index is 8.25. The summed E-state index contributed by atoms with van der Waals surface area (Å²) in [5, 5.41) is 34.5. The van der Waals surface area contributed by atoms with E-state index in [1.807, 2.05) is 6.92 Å². The van der Waals surface area contributed by atoms with Gasteiger partial charge in [0.05, 0.1) is 18.1 Å². The number of carboxylic acids is 1. The third kappa shape index (κ3) is 6.37. The summed E-state index contributed by atoms with van der Waals surface area (Å²) in [5.41, 5.74) is 19.3. The van der Waals surface area contributed by atoms with Crippen LogP contribution in [0.15, 0.2) is 0 Å². The Hall–Kier alpha value is -2.13. The summed E-state index contributed by atoms with van der Waals surface area (Å²) in [4.78, 5) is 69.3. The van der Waals surface area contributed by atoms with Crippen molar-refractivity contribution in [3.05, 3.63) is 0 Å². The number of nitrogens with two attached hydrogens (primary N) is 5. The zero-order valence-corrected chi connectivity index (χ0v) is 26.7. The molecular weight excluding hydrogens is 546 g/mol. The van der Waals surface area contributed by atoms with Crippen molar-refractivity contribution in [2.75, 3.05) is 0 Å². The van der Waals surface area contributed by atoms with E-state index in [0.717, 1.165) is 13.3 Å². The summed E-state index contributed by atoms with van der Waals surface area (Å²) in [6, 6.07) is -4.70. The molecule has 0 spiro atoms. The fourth-order valence-corrected chi connectivity index (χ4v) is 5.68. The molecule has 0 aliphatic carbocycles. The topological polar surface area (TPSA) is 276 Å². The highest BCUT2D eigenvalue weighted by Gasteiger charge is 2.80. The van der Waals surface area contributed by atoms with Crippen molar-refractivity contribution in [2.24, 2.45) is 56.7 Å². The number of rotatable bonds is 18. The molecule has 0 bridgehead atoms. The molecule has 0 aromatic heterocycles. The zero-order valence-electron chi connectivity index (χ0n) is 26.7. The van der Waals surface area contributed by atoms with Crippen LogP contribution in [0, 0.1) is 28.1 Å². The minimum absolute atomic E-state index is 0.0882. The molecule has 0 fully saturated rings. The van der Waals surface area contributed by atoms with Gasteiger partial charge in [-0.2, -0.15) is 0 Å².